The van der Waals surface area contributed by atoms with Crippen molar-refractivity contribution in [3.63, 3.8) is 0 Å². The quantitative estimate of drug-likeness (QED) is 0.371. The van der Waals surface area contributed by atoms with Gasteiger partial charge >= 0.3 is 6.18 Å². The molecule has 0 fully saturated rings. The monoisotopic (exact) mass is 582 g/mol. The van der Waals surface area contributed by atoms with Gasteiger partial charge in [0, 0.05) is 36.0 Å². The number of hydrogen-bond donors (Lipinski definition) is 1. The summed E-state index contributed by atoms with van der Waals surface area (Å²) in [4.78, 5) is 20.7. The lowest BCUT2D eigenvalue weighted by atomic mass is 9.96. The minimum atomic E-state index is -5.01. The van der Waals surface area contributed by atoms with Gasteiger partial charge in [0.1, 0.15) is 17.4 Å². The minimum Gasteiger partial charge on any atom is -0.357 e. The molecule has 0 unspecified atom stereocenters. The highest BCUT2D eigenvalue weighted by Crippen LogP contribution is 2.38. The van der Waals surface area contributed by atoms with Crippen LogP contribution in [0.5, 0.6) is 0 Å². The van der Waals surface area contributed by atoms with Crippen LogP contribution in [0.1, 0.15) is 73.9 Å². The molecule has 11 heteroatoms. The fourth-order valence-corrected chi connectivity index (χ4v) is 4.91. The first-order valence-electron chi connectivity index (χ1n) is 16.5. The number of alkyl halides is 3. The molecule has 1 N–H and O–H groups in total. The van der Waals surface area contributed by atoms with E-state index in [4.69, 9.17) is 11.0 Å². The smallest absolute Gasteiger partial charge is 0.357 e. The van der Waals surface area contributed by atoms with Crippen molar-refractivity contribution in [1.29, 1.82) is 0 Å². The molecule has 0 radical (unpaired) electrons. The van der Waals surface area contributed by atoms with Gasteiger partial charge < -0.3 is 9.69 Å². The second kappa shape index (κ2) is 12.8. The third kappa shape index (κ3) is 7.59. The zero-order valence-electron chi connectivity index (χ0n) is 29.5. The number of rotatable bonds is 4. The summed E-state index contributed by atoms with van der Waals surface area (Å²) in [6, 6.07) is 9.77. The molecule has 0 amide bonds. The van der Waals surface area contributed by atoms with E-state index in [0.717, 1.165) is 36.1 Å². The van der Waals surface area contributed by atoms with E-state index >= 15 is 0 Å². The van der Waals surface area contributed by atoms with Crippen molar-refractivity contribution in [3.05, 3.63) is 65.7 Å². The average molecular weight is 583 g/mol. The number of Topliss-reactive ketones (excluding diaryl/α,β-unsaturated/α-hetero) is 1. The van der Waals surface area contributed by atoms with E-state index in [1.807, 2.05) is 0 Å². The van der Waals surface area contributed by atoms with Crippen molar-refractivity contribution < 1.29 is 37.3 Å². The van der Waals surface area contributed by atoms with Gasteiger partial charge in [-0.3, -0.25) is 4.72 Å². The van der Waals surface area contributed by atoms with Crippen LogP contribution in [0.3, 0.4) is 0 Å². The molecule has 0 spiro atoms. The van der Waals surface area contributed by atoms with E-state index < -0.39 is 87.2 Å². The fraction of sp³-hybridized carbons (Fsp3) is 0.414. The highest BCUT2D eigenvalue weighted by Gasteiger charge is 2.35. The van der Waals surface area contributed by atoms with E-state index in [1.54, 1.807) is 0 Å². The number of hydrogen-bond acceptors (Lipinski definition) is 6. The van der Waals surface area contributed by atoms with Gasteiger partial charge in [-0.15, -0.1) is 0 Å². The Morgan fingerprint density at radius 3 is 2.60 bits per heavy atom. The maximum absolute atomic E-state index is 14.2. The molecule has 2 aromatic heterocycles. The zero-order valence-corrected chi connectivity index (χ0v) is 22.4. The first kappa shape index (κ1) is 20.4. The number of carbonyl (C=O) groups is 1. The second-order valence-corrected chi connectivity index (χ2v) is 10.6. The third-order valence-electron chi connectivity index (χ3n) is 5.84. The van der Waals surface area contributed by atoms with Gasteiger partial charge in [-0.05, 0) is 62.3 Å². The van der Waals surface area contributed by atoms with Crippen LogP contribution in [-0.2, 0) is 27.4 Å². The van der Waals surface area contributed by atoms with E-state index in [9.17, 15) is 26.4 Å². The lowest BCUT2D eigenvalue weighted by Gasteiger charge is -2.24. The van der Waals surface area contributed by atoms with Crippen molar-refractivity contribution >= 4 is 27.4 Å². The van der Waals surface area contributed by atoms with Crippen molar-refractivity contribution in [3.8, 4) is 11.3 Å². The van der Waals surface area contributed by atoms with Crippen LogP contribution in [0.25, 0.3) is 11.3 Å². The maximum Gasteiger partial charge on any atom is 0.418 e. The Bertz CT molecular complexity index is 1790. The Hall–Kier alpha value is -3.47. The Balaban J connectivity index is 1.94. The molecular weight excluding hydrogens is 541 g/mol. The molecule has 214 valence electrons. The molecule has 40 heavy (non-hydrogen) atoms. The summed E-state index contributed by atoms with van der Waals surface area (Å²) >= 11 is 0. The van der Waals surface area contributed by atoms with Gasteiger partial charge in [0.05, 0.1) is 11.3 Å². The van der Waals surface area contributed by atoms with Gasteiger partial charge in [-0.25, -0.2) is 9.97 Å². The summed E-state index contributed by atoms with van der Waals surface area (Å²) in [5.41, 5.74) is -2.98. The van der Waals surface area contributed by atoms with Crippen LogP contribution in [0.15, 0.2) is 59.6 Å². The first-order chi connectivity index (χ1) is 22.0. The molecule has 1 aliphatic rings. The average Bonchev–Trinajstić information content (AvgIpc) is 2.96. The Labute approximate surface area is 244 Å². The number of pyridine rings is 2. The topological polar surface area (TPSA) is 92.3 Å². The first-order valence-corrected chi connectivity index (χ1v) is 13.9. The van der Waals surface area contributed by atoms with Crippen LogP contribution >= 0.6 is 0 Å². The predicted molar refractivity (Wildman–Crippen MR) is 149 cm³/mol. The van der Waals surface area contributed by atoms with Gasteiger partial charge in [-0.1, -0.05) is 49.6 Å². The van der Waals surface area contributed by atoms with E-state index in [-0.39, 0.29) is 38.0 Å². The number of halogens is 3. The maximum atomic E-state index is 14.2. The largest absolute Gasteiger partial charge is 0.418 e. The fourth-order valence-electron chi connectivity index (χ4n) is 3.95. The summed E-state index contributed by atoms with van der Waals surface area (Å²) in [7, 11) is -4.72. The standard InChI is InChI=1S/C29H33F3N4O3S/c1-21(37)11-10-20-36-19-8-4-2-3-5-12-22-13-6-7-14-23(22)28-24(29(30,31)32)17-18-25(33-28)35-40(38,39)27-16-9-15-26(36)34-27/h6-7,9,13-18H,2-5,8,10-12,19-20H2,1H3,(H,33,35)/i5D2,10D2,12D2,20D2. The zero-order chi connectivity index (χ0) is 35.9. The molecular formula is C29H33F3N4O3S. The van der Waals surface area contributed by atoms with Gasteiger partial charge in [0.2, 0.25) is 0 Å². The van der Waals surface area contributed by atoms with Crippen molar-refractivity contribution in [2.75, 3.05) is 22.7 Å². The third-order valence-corrected chi connectivity index (χ3v) is 7.10. The van der Waals surface area contributed by atoms with Crippen LogP contribution in [0, 0.1) is 0 Å². The van der Waals surface area contributed by atoms with Crippen LogP contribution in [0.4, 0.5) is 24.8 Å². The van der Waals surface area contributed by atoms with Crippen LogP contribution in [-0.4, -0.2) is 37.2 Å². The SMILES string of the molecule is [2H]C1([2H])CCCCCN(C([2H])([2H])C([2H])([2H])CC(C)=O)c2cccc(n2)S(=O)(=O)Nc2ccc(C(F)(F)F)c(n2)-c2ccccc2C1([2H])[2H]. The summed E-state index contributed by atoms with van der Waals surface area (Å²) in [6.45, 7) is -2.07. The van der Waals surface area contributed by atoms with E-state index in [0.29, 0.717) is 6.07 Å². The molecule has 3 heterocycles. The lowest BCUT2D eigenvalue weighted by Crippen LogP contribution is -2.28. The molecule has 0 aliphatic carbocycles. The Kier molecular flexibility index (Phi) is 6.53. The van der Waals surface area contributed by atoms with Gasteiger partial charge in [-0.2, -0.15) is 21.6 Å². The minimum absolute atomic E-state index is 0.0408. The van der Waals surface area contributed by atoms with Crippen LogP contribution < -0.4 is 9.62 Å². The van der Waals surface area contributed by atoms with E-state index in [2.05, 4.69) is 14.7 Å². The normalized spacial score (nSPS) is 22.4. The molecule has 1 aliphatic heterocycles. The molecule has 4 bridgehead atoms. The number of carbonyl (C=O) groups excluding carboxylic acids is 1. The van der Waals surface area contributed by atoms with Gasteiger partial charge in [0.15, 0.2) is 5.03 Å². The Morgan fingerprint density at radius 1 is 1.05 bits per heavy atom. The van der Waals surface area contributed by atoms with Crippen LogP contribution in [0.2, 0.25) is 0 Å². The number of benzene rings is 1. The molecule has 0 saturated heterocycles. The Morgan fingerprint density at radius 2 is 1.82 bits per heavy atom. The number of aromatic nitrogens is 2. The number of anilines is 2. The molecule has 7 nitrogen and oxygen atoms in total. The number of ketones is 1. The second-order valence-electron chi connectivity index (χ2n) is 9.01. The highest BCUT2D eigenvalue weighted by molar-refractivity contribution is 7.92. The predicted octanol–water partition coefficient (Wildman–Crippen LogP) is 6.65. The lowest BCUT2D eigenvalue weighted by molar-refractivity contribution is -0.137. The van der Waals surface area contributed by atoms with Crippen molar-refractivity contribution in [2.24, 2.45) is 0 Å². The number of aryl methyl sites for hydroxylation is 1. The van der Waals surface area contributed by atoms with E-state index in [1.165, 1.54) is 24.3 Å². The molecule has 4 rings (SSSR count). The molecule has 0 atom stereocenters. The molecule has 0 saturated carbocycles. The van der Waals surface area contributed by atoms with Crippen molar-refractivity contribution in [2.45, 2.75) is 69.3 Å². The number of sulfonamides is 1. The van der Waals surface area contributed by atoms with Gasteiger partial charge in [0.25, 0.3) is 10.0 Å². The number of nitrogens with zero attached hydrogens (tertiary/aromatic N) is 3. The summed E-state index contributed by atoms with van der Waals surface area (Å²) in [6.07, 6.45) is -14.2. The highest BCUT2D eigenvalue weighted by atomic mass is 32.2. The number of nitrogens with one attached hydrogen (secondary N) is 1. The molecule has 3 aromatic rings. The number of fused-ring (bicyclic) bond motifs is 6. The summed E-state index contributed by atoms with van der Waals surface area (Å²) in [5, 5.41) is -0.692. The molecule has 1 aromatic carbocycles. The van der Waals surface area contributed by atoms with Crippen molar-refractivity contribution in [1.82, 2.24) is 9.97 Å². The summed E-state index contributed by atoms with van der Waals surface area (Å²) in [5.74, 6) is -1.56. The summed E-state index contributed by atoms with van der Waals surface area (Å²) < 4.78 is 141.